The summed E-state index contributed by atoms with van der Waals surface area (Å²) in [5.41, 5.74) is -9.44. The number of carbonyl (C=O) groups is 1. The van der Waals surface area contributed by atoms with Gasteiger partial charge in [-0.25, -0.2) is 4.79 Å². The van der Waals surface area contributed by atoms with E-state index < -0.39 is 81.2 Å². The second kappa shape index (κ2) is 10.1. The third-order valence-electron chi connectivity index (χ3n) is 14.9. The molecule has 12 heteroatoms. The van der Waals surface area contributed by atoms with Crippen LogP contribution in [-0.2, 0) is 9.47 Å². The van der Waals surface area contributed by atoms with Gasteiger partial charge in [-0.2, -0.15) is 0 Å². The van der Waals surface area contributed by atoms with E-state index in [0.717, 1.165) is 6.42 Å². The third kappa shape index (κ3) is 3.66. The minimum absolute atomic E-state index is 0.101. The van der Waals surface area contributed by atoms with Crippen LogP contribution in [0, 0.1) is 29.1 Å². The number of aliphatic hydroxyl groups is 6. The summed E-state index contributed by atoms with van der Waals surface area (Å²) in [6.07, 6.45) is 0.172. The van der Waals surface area contributed by atoms with E-state index in [4.69, 9.17) is 18.9 Å². The van der Waals surface area contributed by atoms with Gasteiger partial charge in [0, 0.05) is 55.1 Å². The number of rotatable bonds is 4. The summed E-state index contributed by atoms with van der Waals surface area (Å²) in [6.45, 7) is 6.57. The molecule has 1 aromatic rings. The SMILES string of the molecule is COc1ccc(C(=O)O[C@H]2CC[C@@]3(C)C4CC[C@H]5[C@]6(O)C[C@H](O)[C@@]7(O)[C@@H](CN8C[C@@H](C)CC[C@H]8[C@@]7(C)O)[C@]6(O)C[C@@]53OC42O)cc1OC. The lowest BCUT2D eigenvalue weighted by molar-refractivity contribution is -0.354. The molecular formula is C36H51NO11. The molecule has 14 atom stereocenters. The van der Waals surface area contributed by atoms with Gasteiger partial charge >= 0.3 is 5.97 Å². The second-order valence-corrected chi connectivity index (χ2v) is 16.8. The maximum absolute atomic E-state index is 13.5. The Labute approximate surface area is 280 Å². The minimum Gasteiger partial charge on any atom is -0.493 e. The van der Waals surface area contributed by atoms with Crippen molar-refractivity contribution < 1.29 is 54.4 Å². The molecule has 266 valence electrons. The highest BCUT2D eigenvalue weighted by Crippen LogP contribution is 2.78. The lowest BCUT2D eigenvalue weighted by atomic mass is 9.49. The number of hydrogen-bond acceptors (Lipinski definition) is 12. The zero-order valence-electron chi connectivity index (χ0n) is 28.5. The predicted molar refractivity (Wildman–Crippen MR) is 169 cm³/mol. The zero-order chi connectivity index (χ0) is 34.4. The van der Waals surface area contributed by atoms with Crippen molar-refractivity contribution in [3.63, 3.8) is 0 Å². The first-order valence-corrected chi connectivity index (χ1v) is 17.6. The first-order chi connectivity index (χ1) is 22.5. The summed E-state index contributed by atoms with van der Waals surface area (Å²) in [5, 5.41) is 74.7. The van der Waals surface area contributed by atoms with Crippen LogP contribution >= 0.6 is 0 Å². The largest absolute Gasteiger partial charge is 0.493 e. The summed E-state index contributed by atoms with van der Waals surface area (Å²) in [7, 11) is 2.97. The van der Waals surface area contributed by atoms with Crippen molar-refractivity contribution in [3.05, 3.63) is 23.8 Å². The van der Waals surface area contributed by atoms with E-state index in [1.807, 2.05) is 6.92 Å². The van der Waals surface area contributed by atoms with Crippen LogP contribution in [0.25, 0.3) is 0 Å². The van der Waals surface area contributed by atoms with Crippen molar-refractivity contribution in [1.82, 2.24) is 4.90 Å². The smallest absolute Gasteiger partial charge is 0.338 e. The molecule has 4 saturated carbocycles. The van der Waals surface area contributed by atoms with E-state index in [9.17, 15) is 35.4 Å². The minimum atomic E-state index is -2.10. The Morgan fingerprint density at radius 2 is 1.60 bits per heavy atom. The quantitative estimate of drug-likeness (QED) is 0.253. The molecule has 3 heterocycles. The molecule has 48 heavy (non-hydrogen) atoms. The topological polar surface area (TPSA) is 179 Å². The van der Waals surface area contributed by atoms with Crippen molar-refractivity contribution in [1.29, 1.82) is 0 Å². The maximum Gasteiger partial charge on any atom is 0.338 e. The fourth-order valence-corrected chi connectivity index (χ4v) is 12.6. The van der Waals surface area contributed by atoms with Crippen molar-refractivity contribution in [2.45, 2.75) is 124 Å². The van der Waals surface area contributed by atoms with E-state index >= 15 is 0 Å². The van der Waals surface area contributed by atoms with Crippen molar-refractivity contribution >= 4 is 5.97 Å². The van der Waals surface area contributed by atoms with Gasteiger partial charge in [-0.1, -0.05) is 13.8 Å². The Morgan fingerprint density at radius 3 is 2.31 bits per heavy atom. The number of piperidine rings is 2. The number of carbonyl (C=O) groups excluding carboxylic acids is 1. The molecule has 0 radical (unpaired) electrons. The Hall–Kier alpha value is -2.03. The molecule has 6 N–H and O–H groups in total. The zero-order valence-corrected chi connectivity index (χ0v) is 28.5. The lowest BCUT2D eigenvalue weighted by Gasteiger charge is -2.68. The summed E-state index contributed by atoms with van der Waals surface area (Å²) in [4.78, 5) is 15.6. The van der Waals surface area contributed by atoms with Crippen LogP contribution in [0.15, 0.2) is 18.2 Å². The number of hydrogen-bond donors (Lipinski definition) is 6. The molecule has 3 saturated heterocycles. The summed E-state index contributed by atoms with van der Waals surface area (Å²) in [6, 6.07) is 4.28. The second-order valence-electron chi connectivity index (χ2n) is 16.8. The standard InChI is InChI=1S/C36H51NO11/c1-19-6-11-26-31(3,40)35(43)25(17-37(26)16-19)33(42)18-34-24(32(33,41)15-27(35)38)10-9-23-30(34,2)13-12-28(36(23,44)48-34)47-29(39)20-7-8-21(45-4)22(14-20)46-5/h7-8,14,19,23-28,38,40-44H,6,9-13,15-18H2,1-5H3/t19-,23?,24-,25-,26-,27-,28-,30-,31+,32+,33+,34+,35-,36?/m0/s1. The average Bonchev–Trinajstić information content (AvgIpc) is 3.21. The highest BCUT2D eigenvalue weighted by atomic mass is 16.7. The van der Waals surface area contributed by atoms with E-state index in [-0.39, 0.29) is 24.9 Å². The van der Waals surface area contributed by atoms with Crippen LogP contribution < -0.4 is 9.47 Å². The number of methoxy groups -OCH3 is 2. The maximum atomic E-state index is 13.5. The van der Waals surface area contributed by atoms with Gasteiger partial charge in [0.05, 0.1) is 31.5 Å². The van der Waals surface area contributed by atoms with Gasteiger partial charge in [0.25, 0.3) is 0 Å². The molecule has 12 nitrogen and oxygen atoms in total. The molecule has 2 unspecified atom stereocenters. The third-order valence-corrected chi connectivity index (χ3v) is 14.9. The molecule has 4 bridgehead atoms. The van der Waals surface area contributed by atoms with Crippen molar-refractivity contribution in [2.75, 3.05) is 27.3 Å². The van der Waals surface area contributed by atoms with E-state index in [1.165, 1.54) is 20.3 Å². The van der Waals surface area contributed by atoms with Gasteiger partial charge in [-0.15, -0.1) is 0 Å². The highest BCUT2D eigenvalue weighted by Gasteiger charge is 2.88. The number of fused-ring (bicyclic) bond motifs is 5. The first-order valence-electron chi connectivity index (χ1n) is 17.6. The van der Waals surface area contributed by atoms with Gasteiger partial charge in [-0.05, 0) is 69.6 Å². The molecule has 0 aromatic heterocycles. The van der Waals surface area contributed by atoms with Gasteiger partial charge in [0.2, 0.25) is 5.79 Å². The number of ether oxygens (including phenoxy) is 4. The number of esters is 1. The van der Waals surface area contributed by atoms with Crippen molar-refractivity contribution in [3.8, 4) is 11.5 Å². The normalized spacial score (nSPS) is 53.6. The highest BCUT2D eigenvalue weighted by molar-refractivity contribution is 5.90. The molecule has 4 aliphatic carbocycles. The Bertz CT molecular complexity index is 1520. The fraction of sp³-hybridized carbons (Fsp3) is 0.806. The Kier molecular flexibility index (Phi) is 6.94. The molecule has 8 rings (SSSR count). The number of benzene rings is 1. The molecular weight excluding hydrogens is 622 g/mol. The molecule has 7 fully saturated rings. The lowest BCUT2D eigenvalue weighted by Crippen LogP contribution is -2.85. The summed E-state index contributed by atoms with van der Waals surface area (Å²) < 4.78 is 23.5. The van der Waals surface area contributed by atoms with Gasteiger partial charge in [0.15, 0.2) is 17.6 Å². The molecule has 3 aliphatic heterocycles. The summed E-state index contributed by atoms with van der Waals surface area (Å²) in [5.74, 6) is -3.63. The van der Waals surface area contributed by atoms with Gasteiger partial charge < -0.3 is 49.6 Å². The monoisotopic (exact) mass is 673 g/mol. The van der Waals surface area contributed by atoms with Crippen LogP contribution in [-0.4, -0.2) is 121 Å². The molecule has 7 aliphatic rings. The number of aliphatic hydroxyl groups excluding tert-OH is 1. The summed E-state index contributed by atoms with van der Waals surface area (Å²) >= 11 is 0. The van der Waals surface area contributed by atoms with Crippen LogP contribution in [0.1, 0.15) is 82.5 Å². The van der Waals surface area contributed by atoms with Gasteiger partial charge in [-0.3, -0.25) is 4.90 Å². The van der Waals surface area contributed by atoms with Crippen molar-refractivity contribution in [2.24, 2.45) is 29.1 Å². The fourth-order valence-electron chi connectivity index (χ4n) is 12.6. The van der Waals surface area contributed by atoms with Crippen LogP contribution in [0.3, 0.4) is 0 Å². The molecule has 0 amide bonds. The van der Waals surface area contributed by atoms with E-state index in [0.29, 0.717) is 56.1 Å². The van der Waals surface area contributed by atoms with E-state index in [1.54, 1.807) is 19.1 Å². The van der Waals surface area contributed by atoms with Gasteiger partial charge in [0.1, 0.15) is 22.4 Å². The van der Waals surface area contributed by atoms with E-state index in [2.05, 4.69) is 11.8 Å². The number of nitrogens with zero attached hydrogens (tertiary/aromatic N) is 1. The average molecular weight is 674 g/mol. The van der Waals surface area contributed by atoms with Crippen LogP contribution in [0.2, 0.25) is 0 Å². The predicted octanol–water partition coefficient (Wildman–Crippen LogP) is 1.36. The molecule has 1 aromatic carbocycles. The molecule has 1 spiro atoms. The Balaban J connectivity index is 1.16. The van der Waals surface area contributed by atoms with Crippen LogP contribution in [0.4, 0.5) is 0 Å². The first kappa shape index (κ1) is 33.1. The Morgan fingerprint density at radius 1 is 0.896 bits per heavy atom. The van der Waals surface area contributed by atoms with Crippen LogP contribution in [0.5, 0.6) is 11.5 Å².